The van der Waals surface area contributed by atoms with E-state index in [1.807, 2.05) is 12.1 Å². The first-order chi connectivity index (χ1) is 13.6. The van der Waals surface area contributed by atoms with Crippen molar-refractivity contribution >= 4 is 5.91 Å². The molecule has 2 saturated heterocycles. The van der Waals surface area contributed by atoms with E-state index in [1.54, 1.807) is 0 Å². The van der Waals surface area contributed by atoms with Crippen LogP contribution in [-0.2, 0) is 11.3 Å². The van der Waals surface area contributed by atoms with Crippen LogP contribution in [-0.4, -0.2) is 65.4 Å². The first-order valence-corrected chi connectivity index (χ1v) is 10.9. The van der Waals surface area contributed by atoms with Crippen molar-refractivity contribution in [3.05, 3.63) is 35.4 Å². The number of carbonyl (C=O) groups is 1. The number of nitriles is 1. The average molecular weight is 383 g/mol. The lowest BCUT2D eigenvalue weighted by Crippen LogP contribution is -2.52. The van der Waals surface area contributed by atoms with Crippen molar-refractivity contribution in [1.29, 1.82) is 5.26 Å². The van der Waals surface area contributed by atoms with Gasteiger partial charge in [-0.1, -0.05) is 19.1 Å². The molecule has 2 atom stereocenters. The highest BCUT2D eigenvalue weighted by molar-refractivity contribution is 5.82. The molecule has 5 heteroatoms. The molecule has 5 nitrogen and oxygen atoms in total. The maximum absolute atomic E-state index is 13.2. The molecule has 2 aliphatic rings. The molecule has 0 saturated carbocycles. The summed E-state index contributed by atoms with van der Waals surface area (Å²) >= 11 is 0. The average Bonchev–Trinajstić information content (AvgIpc) is 2.98. The van der Waals surface area contributed by atoms with E-state index in [0.29, 0.717) is 17.5 Å². The minimum absolute atomic E-state index is 0.0259. The maximum atomic E-state index is 13.2. The molecule has 0 aliphatic carbocycles. The Balaban J connectivity index is 1.54. The van der Waals surface area contributed by atoms with Gasteiger partial charge in [-0.15, -0.1) is 0 Å². The number of nitrogens with zero attached hydrogens (tertiary/aromatic N) is 4. The van der Waals surface area contributed by atoms with Crippen LogP contribution in [0, 0.1) is 11.3 Å². The molecule has 2 aliphatic heterocycles. The van der Waals surface area contributed by atoms with Gasteiger partial charge in [0, 0.05) is 38.8 Å². The number of carbonyl (C=O) groups excluding carboxylic acids is 1. The minimum Gasteiger partial charge on any atom is -0.338 e. The normalized spacial score (nSPS) is 23.0. The molecular weight excluding hydrogens is 348 g/mol. The van der Waals surface area contributed by atoms with Crippen LogP contribution < -0.4 is 0 Å². The smallest absolute Gasteiger partial charge is 0.239 e. The summed E-state index contributed by atoms with van der Waals surface area (Å²) in [4.78, 5) is 20.2. The number of hydrogen-bond donors (Lipinski definition) is 0. The van der Waals surface area contributed by atoms with Gasteiger partial charge in [0.15, 0.2) is 0 Å². The van der Waals surface area contributed by atoms with Crippen molar-refractivity contribution < 1.29 is 4.79 Å². The van der Waals surface area contributed by atoms with E-state index in [0.717, 1.165) is 65.0 Å². The third-order valence-corrected chi connectivity index (χ3v) is 6.40. The highest BCUT2D eigenvalue weighted by Crippen LogP contribution is 2.22. The Kier molecular flexibility index (Phi) is 7.47. The summed E-state index contributed by atoms with van der Waals surface area (Å²) in [6.07, 6.45) is 5.72. The zero-order valence-corrected chi connectivity index (χ0v) is 17.4. The highest BCUT2D eigenvalue weighted by atomic mass is 16.2. The van der Waals surface area contributed by atoms with Crippen LogP contribution in [0.1, 0.15) is 57.1 Å². The lowest BCUT2D eigenvalue weighted by atomic mass is 9.99. The van der Waals surface area contributed by atoms with Crippen molar-refractivity contribution in [2.24, 2.45) is 0 Å². The van der Waals surface area contributed by atoms with Gasteiger partial charge in [-0.3, -0.25) is 14.6 Å². The second-order valence-electron chi connectivity index (χ2n) is 8.24. The second kappa shape index (κ2) is 10.0. The Morgan fingerprint density at radius 3 is 2.61 bits per heavy atom. The van der Waals surface area contributed by atoms with E-state index in [4.69, 9.17) is 5.26 Å². The molecule has 0 N–H and O–H groups in total. The van der Waals surface area contributed by atoms with Crippen LogP contribution in [0.2, 0.25) is 0 Å². The summed E-state index contributed by atoms with van der Waals surface area (Å²) in [5.74, 6) is 0.326. The van der Waals surface area contributed by atoms with Crippen molar-refractivity contribution in [3.63, 3.8) is 0 Å². The number of likely N-dealkylation sites (tertiary alicyclic amines) is 1. The number of piperidine rings is 1. The van der Waals surface area contributed by atoms with Gasteiger partial charge < -0.3 is 4.90 Å². The fourth-order valence-electron chi connectivity index (χ4n) is 4.59. The number of benzene rings is 1. The monoisotopic (exact) mass is 382 g/mol. The zero-order valence-electron chi connectivity index (χ0n) is 17.4. The Bertz CT molecular complexity index is 681. The molecule has 0 unspecified atom stereocenters. The summed E-state index contributed by atoms with van der Waals surface area (Å²) < 4.78 is 0. The van der Waals surface area contributed by atoms with Crippen LogP contribution in [0.15, 0.2) is 24.3 Å². The van der Waals surface area contributed by atoms with Crippen molar-refractivity contribution in [2.75, 3.05) is 32.7 Å². The molecule has 0 aromatic heterocycles. The lowest BCUT2D eigenvalue weighted by Gasteiger charge is -2.39. The molecule has 1 amide bonds. The fraction of sp³-hybridized carbons (Fsp3) is 0.652. The van der Waals surface area contributed by atoms with Gasteiger partial charge in [-0.05, 0) is 63.3 Å². The Morgan fingerprint density at radius 2 is 1.89 bits per heavy atom. The predicted octanol–water partition coefficient (Wildman–Crippen LogP) is 3.25. The molecule has 2 fully saturated rings. The number of rotatable bonds is 5. The molecule has 0 spiro atoms. The second-order valence-corrected chi connectivity index (χ2v) is 8.24. The molecule has 1 aromatic rings. The largest absolute Gasteiger partial charge is 0.338 e. The quantitative estimate of drug-likeness (QED) is 0.784. The van der Waals surface area contributed by atoms with Crippen LogP contribution in [0.3, 0.4) is 0 Å². The van der Waals surface area contributed by atoms with Crippen LogP contribution in [0.25, 0.3) is 0 Å². The standard InChI is InChI=1S/C23H34N4O/c1-3-22-7-4-5-14-27(22)23(28)19(2)26-13-6-12-25(15-16-26)18-21-10-8-20(17-24)9-11-21/h8-11,19,22H,3-7,12-16,18H2,1-2H3/t19-,22+/m0/s1. The van der Waals surface area contributed by atoms with Crippen LogP contribution >= 0.6 is 0 Å². The number of hydrogen-bond acceptors (Lipinski definition) is 4. The van der Waals surface area contributed by atoms with E-state index >= 15 is 0 Å². The number of amides is 1. The molecule has 152 valence electrons. The third kappa shape index (κ3) is 5.12. The zero-order chi connectivity index (χ0) is 19.9. The van der Waals surface area contributed by atoms with Gasteiger partial charge in [-0.2, -0.15) is 5.26 Å². The molecule has 28 heavy (non-hydrogen) atoms. The van der Waals surface area contributed by atoms with Gasteiger partial charge >= 0.3 is 0 Å². The molecule has 2 heterocycles. The van der Waals surface area contributed by atoms with Gasteiger partial charge in [0.05, 0.1) is 17.7 Å². The maximum Gasteiger partial charge on any atom is 0.239 e. The van der Waals surface area contributed by atoms with E-state index in [2.05, 4.69) is 46.7 Å². The van der Waals surface area contributed by atoms with Gasteiger partial charge in [0.1, 0.15) is 0 Å². The predicted molar refractivity (Wildman–Crippen MR) is 112 cm³/mol. The molecule has 1 aromatic carbocycles. The first kappa shape index (κ1) is 20.8. The lowest BCUT2D eigenvalue weighted by molar-refractivity contribution is -0.140. The third-order valence-electron chi connectivity index (χ3n) is 6.40. The van der Waals surface area contributed by atoms with Crippen LogP contribution in [0.5, 0.6) is 0 Å². The molecule has 0 radical (unpaired) electrons. The Labute approximate surface area is 169 Å². The summed E-state index contributed by atoms with van der Waals surface area (Å²) in [6, 6.07) is 10.5. The topological polar surface area (TPSA) is 50.6 Å². The van der Waals surface area contributed by atoms with Crippen LogP contribution in [0.4, 0.5) is 0 Å². The summed E-state index contributed by atoms with van der Waals surface area (Å²) in [6.45, 7) is 10.1. The minimum atomic E-state index is -0.0259. The van der Waals surface area contributed by atoms with E-state index in [1.165, 1.54) is 12.0 Å². The summed E-state index contributed by atoms with van der Waals surface area (Å²) in [5.41, 5.74) is 1.96. The van der Waals surface area contributed by atoms with Crippen molar-refractivity contribution in [3.8, 4) is 6.07 Å². The van der Waals surface area contributed by atoms with E-state index in [9.17, 15) is 4.79 Å². The Morgan fingerprint density at radius 1 is 1.11 bits per heavy atom. The molecule has 0 bridgehead atoms. The van der Waals surface area contributed by atoms with Gasteiger partial charge in [0.2, 0.25) is 5.91 Å². The van der Waals surface area contributed by atoms with E-state index in [-0.39, 0.29) is 6.04 Å². The fourth-order valence-corrected chi connectivity index (χ4v) is 4.59. The molecular formula is C23H34N4O. The van der Waals surface area contributed by atoms with Gasteiger partial charge in [0.25, 0.3) is 0 Å². The first-order valence-electron chi connectivity index (χ1n) is 10.9. The van der Waals surface area contributed by atoms with Crippen molar-refractivity contribution in [2.45, 2.75) is 64.6 Å². The van der Waals surface area contributed by atoms with Crippen molar-refractivity contribution in [1.82, 2.24) is 14.7 Å². The SMILES string of the molecule is CC[C@@H]1CCCCN1C(=O)[C@H](C)N1CCCN(Cc2ccc(C#N)cc2)CC1. The van der Waals surface area contributed by atoms with E-state index < -0.39 is 0 Å². The van der Waals surface area contributed by atoms with Gasteiger partial charge in [-0.25, -0.2) is 0 Å². The summed E-state index contributed by atoms with van der Waals surface area (Å²) in [7, 11) is 0. The highest BCUT2D eigenvalue weighted by Gasteiger charge is 2.32. The summed E-state index contributed by atoms with van der Waals surface area (Å²) in [5, 5.41) is 8.94. The Hall–Kier alpha value is -1.90. The molecule has 3 rings (SSSR count).